The molecule has 0 aliphatic carbocycles. The molecule has 4 heteroatoms. The standard InChI is InChI=1S/C17H15NO2.C6H14O/c18-13-7-12-17(20,15-10-5-2-6-11-15)16(19)14-8-3-1-4-9-14;1-3-5-7-6-4-2/h1-6,8-11,20H,7,12H2;3-6H2,1-2H3. The highest BCUT2D eigenvalue weighted by molar-refractivity contribution is 6.02. The van der Waals surface area contributed by atoms with Gasteiger partial charge in [-0.15, -0.1) is 0 Å². The third-order valence-corrected chi connectivity index (χ3v) is 3.96. The van der Waals surface area contributed by atoms with E-state index in [1.54, 1.807) is 48.5 Å². The third-order valence-electron chi connectivity index (χ3n) is 3.96. The number of aliphatic hydroxyl groups is 1. The van der Waals surface area contributed by atoms with Crippen LogP contribution in [0.4, 0.5) is 0 Å². The lowest BCUT2D eigenvalue weighted by Gasteiger charge is -2.26. The summed E-state index contributed by atoms with van der Waals surface area (Å²) in [6.45, 7) is 6.09. The van der Waals surface area contributed by atoms with Gasteiger partial charge < -0.3 is 9.84 Å². The minimum Gasteiger partial charge on any atom is -0.381 e. The molecule has 4 nitrogen and oxygen atoms in total. The number of hydrogen-bond donors (Lipinski definition) is 1. The Balaban J connectivity index is 0.000000445. The van der Waals surface area contributed by atoms with Crippen LogP contribution in [0.25, 0.3) is 0 Å². The molecule has 0 fully saturated rings. The van der Waals surface area contributed by atoms with Crippen LogP contribution in [0.5, 0.6) is 0 Å². The smallest absolute Gasteiger partial charge is 0.198 e. The lowest BCUT2D eigenvalue weighted by atomic mass is 9.82. The minimum atomic E-state index is -1.65. The van der Waals surface area contributed by atoms with Crippen LogP contribution in [0.15, 0.2) is 60.7 Å². The summed E-state index contributed by atoms with van der Waals surface area (Å²) in [4.78, 5) is 12.6. The molecule has 0 aliphatic rings. The highest BCUT2D eigenvalue weighted by atomic mass is 16.5. The van der Waals surface area contributed by atoms with E-state index in [1.165, 1.54) is 0 Å². The molecule has 0 spiro atoms. The Morgan fingerprint density at radius 2 is 1.52 bits per heavy atom. The van der Waals surface area contributed by atoms with Crippen LogP contribution in [0.2, 0.25) is 0 Å². The number of Topliss-reactive ketones (excluding diaryl/α,β-unsaturated/α-hetero) is 1. The monoisotopic (exact) mass is 367 g/mol. The molecule has 0 saturated heterocycles. The van der Waals surface area contributed by atoms with Crippen LogP contribution in [-0.2, 0) is 10.3 Å². The summed E-state index contributed by atoms with van der Waals surface area (Å²) in [5, 5.41) is 19.6. The Labute approximate surface area is 162 Å². The maximum Gasteiger partial charge on any atom is 0.198 e. The van der Waals surface area contributed by atoms with E-state index in [1.807, 2.05) is 18.2 Å². The average molecular weight is 367 g/mol. The van der Waals surface area contributed by atoms with Crippen molar-refractivity contribution in [2.24, 2.45) is 0 Å². The van der Waals surface area contributed by atoms with Crippen molar-refractivity contribution in [1.29, 1.82) is 5.26 Å². The quantitative estimate of drug-likeness (QED) is 0.506. The number of nitriles is 1. The number of benzene rings is 2. The van der Waals surface area contributed by atoms with Gasteiger partial charge in [0.2, 0.25) is 0 Å². The summed E-state index contributed by atoms with van der Waals surface area (Å²) < 4.78 is 5.13. The normalized spacial score (nSPS) is 12.2. The van der Waals surface area contributed by atoms with Crippen LogP contribution in [-0.4, -0.2) is 24.1 Å². The Hall–Kier alpha value is -2.48. The van der Waals surface area contributed by atoms with Crippen LogP contribution >= 0.6 is 0 Å². The molecule has 0 aliphatic heterocycles. The molecular formula is C23H29NO3. The summed E-state index contributed by atoms with van der Waals surface area (Å²) in [6, 6.07) is 19.4. The average Bonchev–Trinajstić information content (AvgIpc) is 2.73. The van der Waals surface area contributed by atoms with Gasteiger partial charge in [-0.3, -0.25) is 4.79 Å². The first kappa shape index (κ1) is 22.6. The zero-order valence-corrected chi connectivity index (χ0v) is 16.2. The van der Waals surface area contributed by atoms with Gasteiger partial charge in [-0.2, -0.15) is 5.26 Å². The van der Waals surface area contributed by atoms with Crippen LogP contribution in [0.3, 0.4) is 0 Å². The zero-order valence-electron chi connectivity index (χ0n) is 16.2. The van der Waals surface area contributed by atoms with Gasteiger partial charge in [0.25, 0.3) is 0 Å². The number of nitrogens with zero attached hydrogens (tertiary/aromatic N) is 1. The lowest BCUT2D eigenvalue weighted by molar-refractivity contribution is 0.0258. The van der Waals surface area contributed by atoms with E-state index >= 15 is 0 Å². The van der Waals surface area contributed by atoms with Crippen LogP contribution < -0.4 is 0 Å². The van der Waals surface area contributed by atoms with E-state index in [9.17, 15) is 9.90 Å². The van der Waals surface area contributed by atoms with Crippen molar-refractivity contribution in [3.63, 3.8) is 0 Å². The first-order chi connectivity index (χ1) is 13.1. The van der Waals surface area contributed by atoms with E-state index in [4.69, 9.17) is 10.00 Å². The number of ether oxygens (including phenoxy) is 1. The maximum atomic E-state index is 12.6. The molecule has 0 aromatic heterocycles. The highest BCUT2D eigenvalue weighted by Gasteiger charge is 2.37. The van der Waals surface area contributed by atoms with Crippen molar-refractivity contribution in [2.75, 3.05) is 13.2 Å². The predicted octanol–water partition coefficient (Wildman–Crippen LogP) is 4.88. The Bertz CT molecular complexity index is 691. The van der Waals surface area contributed by atoms with Crippen molar-refractivity contribution < 1.29 is 14.6 Å². The second-order valence-corrected chi connectivity index (χ2v) is 6.19. The number of hydrogen-bond acceptors (Lipinski definition) is 4. The van der Waals surface area contributed by atoms with Gasteiger partial charge >= 0.3 is 0 Å². The second kappa shape index (κ2) is 12.8. The zero-order chi connectivity index (χ0) is 20.0. The summed E-state index contributed by atoms with van der Waals surface area (Å²) in [7, 11) is 0. The van der Waals surface area contributed by atoms with Crippen LogP contribution in [0, 0.1) is 11.3 Å². The topological polar surface area (TPSA) is 70.3 Å². The van der Waals surface area contributed by atoms with E-state index in [2.05, 4.69) is 13.8 Å². The molecule has 0 heterocycles. The Morgan fingerprint density at radius 1 is 1.00 bits per heavy atom. The van der Waals surface area contributed by atoms with Crippen molar-refractivity contribution in [2.45, 2.75) is 45.1 Å². The summed E-state index contributed by atoms with van der Waals surface area (Å²) in [6.07, 6.45) is 2.48. The SMILES string of the molecule is CCCOCCC.N#CCCC(O)(C(=O)c1ccccc1)c1ccccc1. The maximum absolute atomic E-state index is 12.6. The number of rotatable bonds is 9. The summed E-state index contributed by atoms with van der Waals surface area (Å²) in [5.41, 5.74) is -0.695. The molecule has 1 N–H and O–H groups in total. The molecule has 2 rings (SSSR count). The minimum absolute atomic E-state index is 0.0846. The van der Waals surface area contributed by atoms with Gasteiger partial charge in [0.1, 0.15) is 0 Å². The fraction of sp³-hybridized carbons (Fsp3) is 0.391. The Morgan fingerprint density at radius 3 is 2.00 bits per heavy atom. The van der Waals surface area contributed by atoms with Crippen LogP contribution in [0.1, 0.15) is 55.5 Å². The van der Waals surface area contributed by atoms with Gasteiger partial charge in [-0.05, 0) is 18.4 Å². The fourth-order valence-electron chi connectivity index (χ4n) is 2.56. The van der Waals surface area contributed by atoms with Crippen molar-refractivity contribution in [1.82, 2.24) is 0 Å². The third kappa shape index (κ3) is 7.34. The first-order valence-corrected chi connectivity index (χ1v) is 9.42. The molecule has 144 valence electrons. The molecule has 0 saturated carbocycles. The molecule has 2 aromatic rings. The van der Waals surface area contributed by atoms with Gasteiger partial charge in [-0.25, -0.2) is 0 Å². The van der Waals surface area contributed by atoms with Crippen molar-refractivity contribution >= 4 is 5.78 Å². The molecule has 2 aromatic carbocycles. The predicted molar refractivity (Wildman–Crippen MR) is 107 cm³/mol. The van der Waals surface area contributed by atoms with E-state index in [0.717, 1.165) is 26.1 Å². The number of carbonyl (C=O) groups excluding carboxylic acids is 1. The van der Waals surface area contributed by atoms with E-state index < -0.39 is 5.60 Å². The molecule has 1 unspecified atom stereocenters. The summed E-state index contributed by atoms with van der Waals surface area (Å²) in [5.74, 6) is -0.375. The molecule has 0 amide bonds. The van der Waals surface area contributed by atoms with E-state index in [-0.39, 0.29) is 18.6 Å². The summed E-state index contributed by atoms with van der Waals surface area (Å²) >= 11 is 0. The fourth-order valence-corrected chi connectivity index (χ4v) is 2.56. The molecular weight excluding hydrogens is 338 g/mol. The molecule has 0 radical (unpaired) electrons. The van der Waals surface area contributed by atoms with Gasteiger partial charge in [-0.1, -0.05) is 74.5 Å². The largest absolute Gasteiger partial charge is 0.381 e. The second-order valence-electron chi connectivity index (χ2n) is 6.19. The first-order valence-electron chi connectivity index (χ1n) is 9.42. The lowest BCUT2D eigenvalue weighted by Crippen LogP contribution is -2.35. The molecule has 1 atom stereocenters. The highest BCUT2D eigenvalue weighted by Crippen LogP contribution is 2.30. The van der Waals surface area contributed by atoms with E-state index in [0.29, 0.717) is 11.1 Å². The molecule has 0 bridgehead atoms. The Kier molecular flexibility index (Phi) is 10.7. The number of ketones is 1. The van der Waals surface area contributed by atoms with Crippen molar-refractivity contribution in [3.05, 3.63) is 71.8 Å². The van der Waals surface area contributed by atoms with Crippen molar-refractivity contribution in [3.8, 4) is 6.07 Å². The van der Waals surface area contributed by atoms with Gasteiger partial charge in [0.15, 0.2) is 11.4 Å². The molecule has 27 heavy (non-hydrogen) atoms. The van der Waals surface area contributed by atoms with Gasteiger partial charge in [0.05, 0.1) is 6.07 Å². The number of carbonyl (C=O) groups is 1. The van der Waals surface area contributed by atoms with Gasteiger partial charge in [0, 0.05) is 31.6 Å².